The van der Waals surface area contributed by atoms with Gasteiger partial charge in [0.15, 0.2) is 0 Å². The fourth-order valence-corrected chi connectivity index (χ4v) is 1.66. The first-order valence-corrected chi connectivity index (χ1v) is 5.03. The van der Waals surface area contributed by atoms with Crippen molar-refractivity contribution in [2.75, 3.05) is 0 Å². The van der Waals surface area contributed by atoms with Crippen LogP contribution >= 0.6 is 15.9 Å². The van der Waals surface area contributed by atoms with E-state index in [1.165, 1.54) is 0 Å². The highest BCUT2D eigenvalue weighted by Gasteiger charge is 1.99. The fourth-order valence-electron chi connectivity index (χ4n) is 1.26. The highest BCUT2D eigenvalue weighted by atomic mass is 79.9. The smallest absolute Gasteiger partial charge is 0.0705 e. The zero-order valence-electron chi connectivity index (χ0n) is 7.44. The highest BCUT2D eigenvalue weighted by molar-refractivity contribution is 9.10. The molecule has 14 heavy (non-hydrogen) atoms. The normalized spacial score (nSPS) is 10.1. The highest BCUT2D eigenvalue weighted by Crippen LogP contribution is 2.21. The van der Waals surface area contributed by atoms with Crippen molar-refractivity contribution in [3.8, 4) is 11.3 Å². The van der Waals surface area contributed by atoms with Crippen LogP contribution in [-0.2, 0) is 0 Å². The van der Waals surface area contributed by atoms with Crippen molar-refractivity contribution in [3.63, 3.8) is 0 Å². The van der Waals surface area contributed by atoms with Gasteiger partial charge in [-0.25, -0.2) is 0 Å². The van der Waals surface area contributed by atoms with Gasteiger partial charge in [-0.05, 0) is 24.3 Å². The molecule has 0 unspecified atom stereocenters. The van der Waals surface area contributed by atoms with E-state index in [1.54, 1.807) is 6.07 Å². The molecule has 1 heterocycles. The van der Waals surface area contributed by atoms with Crippen molar-refractivity contribution < 1.29 is 0 Å². The number of halogens is 1. The first-order valence-electron chi connectivity index (χ1n) is 4.24. The van der Waals surface area contributed by atoms with Crippen molar-refractivity contribution in [3.05, 3.63) is 59.6 Å². The van der Waals surface area contributed by atoms with Gasteiger partial charge in [-0.1, -0.05) is 34.1 Å². The van der Waals surface area contributed by atoms with Crippen LogP contribution in [0.2, 0.25) is 0 Å². The zero-order chi connectivity index (χ0) is 9.97. The van der Waals surface area contributed by atoms with E-state index in [1.807, 2.05) is 36.4 Å². The summed E-state index contributed by atoms with van der Waals surface area (Å²) in [5, 5.41) is 0. The first-order chi connectivity index (χ1) is 6.75. The van der Waals surface area contributed by atoms with Gasteiger partial charge in [-0.15, -0.1) is 0 Å². The van der Waals surface area contributed by atoms with Crippen molar-refractivity contribution in [1.29, 1.82) is 0 Å². The molecule has 2 rings (SSSR count). The minimum Gasteiger partial charge on any atom is -0.252 e. The summed E-state index contributed by atoms with van der Waals surface area (Å²) in [6.45, 7) is 5.61. The largest absolute Gasteiger partial charge is 0.252 e. The number of rotatable bonds is 1. The third-order valence-electron chi connectivity index (χ3n) is 1.89. The van der Waals surface area contributed by atoms with Gasteiger partial charge >= 0.3 is 0 Å². The predicted octanol–water partition coefficient (Wildman–Crippen LogP) is 3.57. The standard InChI is InChI=1S/C12H8BrN/c1-9-4-2-7-12(14-9)10-5-3-6-11(13)8-10/h1-8H. The number of aromatic nitrogens is 1. The van der Waals surface area contributed by atoms with Gasteiger partial charge in [0.2, 0.25) is 0 Å². The molecule has 0 saturated carbocycles. The second kappa shape index (κ2) is 3.93. The summed E-state index contributed by atoms with van der Waals surface area (Å²) in [6.07, 6.45) is 0. The van der Waals surface area contributed by atoms with Gasteiger partial charge in [-0.3, -0.25) is 4.98 Å². The molecule has 2 radical (unpaired) electrons. The van der Waals surface area contributed by atoms with E-state index in [-0.39, 0.29) is 0 Å². The molecule has 0 saturated heterocycles. The fraction of sp³-hybridized carbons (Fsp3) is 0. The van der Waals surface area contributed by atoms with Gasteiger partial charge < -0.3 is 0 Å². The van der Waals surface area contributed by atoms with Crippen LogP contribution in [-0.4, -0.2) is 4.98 Å². The van der Waals surface area contributed by atoms with E-state index in [0.29, 0.717) is 5.69 Å². The van der Waals surface area contributed by atoms with Crippen LogP contribution in [0, 0.1) is 6.92 Å². The molecular formula is C12H8BrN. The van der Waals surface area contributed by atoms with Crippen LogP contribution in [0.3, 0.4) is 0 Å². The van der Waals surface area contributed by atoms with Crippen molar-refractivity contribution >= 4 is 15.9 Å². The summed E-state index contributed by atoms with van der Waals surface area (Å²) in [4.78, 5) is 4.24. The summed E-state index contributed by atoms with van der Waals surface area (Å²) in [5.74, 6) is 0. The number of benzene rings is 1. The molecule has 1 aromatic carbocycles. The molecule has 1 aromatic heterocycles. The molecule has 0 bridgehead atoms. The van der Waals surface area contributed by atoms with Crippen molar-refractivity contribution in [2.24, 2.45) is 0 Å². The first kappa shape index (κ1) is 9.41. The Labute approximate surface area is 91.9 Å². The van der Waals surface area contributed by atoms with E-state index >= 15 is 0 Å². The van der Waals surface area contributed by atoms with Crippen LogP contribution in [0.25, 0.3) is 11.3 Å². The Balaban J connectivity index is 2.49. The lowest BCUT2D eigenvalue weighted by Gasteiger charge is -2.01. The average Bonchev–Trinajstić information content (AvgIpc) is 2.18. The van der Waals surface area contributed by atoms with E-state index in [4.69, 9.17) is 6.92 Å². The summed E-state index contributed by atoms with van der Waals surface area (Å²) in [5.41, 5.74) is 2.50. The maximum atomic E-state index is 5.61. The Bertz CT molecular complexity index is 408. The van der Waals surface area contributed by atoms with Crippen LogP contribution < -0.4 is 0 Å². The van der Waals surface area contributed by atoms with E-state index in [9.17, 15) is 0 Å². The third-order valence-corrected chi connectivity index (χ3v) is 2.38. The minimum absolute atomic E-state index is 0.544. The predicted molar refractivity (Wildman–Crippen MR) is 60.8 cm³/mol. The number of hydrogen-bond acceptors (Lipinski definition) is 1. The molecule has 0 spiro atoms. The molecule has 2 heteroatoms. The molecule has 0 aliphatic rings. The molecule has 0 N–H and O–H groups in total. The lowest BCUT2D eigenvalue weighted by molar-refractivity contribution is 1.27. The molecule has 2 aromatic rings. The van der Waals surface area contributed by atoms with Crippen LogP contribution in [0.5, 0.6) is 0 Å². The molecule has 0 aliphatic heterocycles. The van der Waals surface area contributed by atoms with E-state index < -0.39 is 0 Å². The molecule has 0 fully saturated rings. The second-order valence-corrected chi connectivity index (χ2v) is 3.87. The molecule has 0 aliphatic carbocycles. The van der Waals surface area contributed by atoms with Gasteiger partial charge in [0.1, 0.15) is 0 Å². The van der Waals surface area contributed by atoms with Crippen molar-refractivity contribution in [1.82, 2.24) is 4.98 Å². The van der Waals surface area contributed by atoms with Crippen LogP contribution in [0.4, 0.5) is 0 Å². The molecular weight excluding hydrogens is 238 g/mol. The maximum absolute atomic E-state index is 5.61. The quantitative estimate of drug-likeness (QED) is 0.749. The van der Waals surface area contributed by atoms with Gasteiger partial charge in [0, 0.05) is 22.7 Å². The van der Waals surface area contributed by atoms with E-state index in [2.05, 4.69) is 20.9 Å². The lowest BCUT2D eigenvalue weighted by atomic mass is 10.1. The zero-order valence-corrected chi connectivity index (χ0v) is 9.03. The maximum Gasteiger partial charge on any atom is 0.0705 e. The molecule has 68 valence electrons. The Morgan fingerprint density at radius 3 is 2.57 bits per heavy atom. The average molecular weight is 246 g/mol. The summed E-state index contributed by atoms with van der Waals surface area (Å²) < 4.78 is 1.04. The molecule has 1 nitrogen and oxygen atoms in total. The Kier molecular flexibility index (Phi) is 2.64. The number of hydrogen-bond donors (Lipinski definition) is 0. The van der Waals surface area contributed by atoms with Crippen LogP contribution in [0.1, 0.15) is 5.69 Å². The minimum atomic E-state index is 0.544. The molecule has 0 amide bonds. The number of nitrogens with zero attached hydrogens (tertiary/aromatic N) is 1. The lowest BCUT2D eigenvalue weighted by Crippen LogP contribution is -1.85. The SMILES string of the molecule is [CH]c1cccc(-c2cccc(Br)c2)n1. The summed E-state index contributed by atoms with van der Waals surface area (Å²) >= 11 is 3.42. The van der Waals surface area contributed by atoms with E-state index in [0.717, 1.165) is 15.7 Å². The van der Waals surface area contributed by atoms with Crippen molar-refractivity contribution in [2.45, 2.75) is 0 Å². The molecule has 0 atom stereocenters. The van der Waals surface area contributed by atoms with Gasteiger partial charge in [-0.2, -0.15) is 0 Å². The Morgan fingerprint density at radius 2 is 1.86 bits per heavy atom. The third kappa shape index (κ3) is 2.02. The Morgan fingerprint density at radius 1 is 1.07 bits per heavy atom. The topological polar surface area (TPSA) is 12.9 Å². The van der Waals surface area contributed by atoms with Gasteiger partial charge in [0.05, 0.1) is 5.69 Å². The van der Waals surface area contributed by atoms with Gasteiger partial charge in [0.25, 0.3) is 0 Å². The second-order valence-electron chi connectivity index (χ2n) is 2.96. The monoisotopic (exact) mass is 245 g/mol. The summed E-state index contributed by atoms with van der Waals surface area (Å²) in [7, 11) is 0. The number of pyridine rings is 1. The van der Waals surface area contributed by atoms with Crippen LogP contribution in [0.15, 0.2) is 46.9 Å². The Hall–Kier alpha value is -1.15. The summed E-state index contributed by atoms with van der Waals surface area (Å²) in [6, 6.07) is 13.6.